The molecule has 1 aliphatic rings. The van der Waals surface area contributed by atoms with Crippen molar-refractivity contribution in [1.82, 2.24) is 4.90 Å². The lowest BCUT2D eigenvalue weighted by Crippen LogP contribution is -2.39. The zero-order chi connectivity index (χ0) is 16.1. The average Bonchev–Trinajstić information content (AvgIpc) is 2.43. The van der Waals surface area contributed by atoms with Crippen molar-refractivity contribution in [2.75, 3.05) is 25.0 Å². The maximum Gasteiger partial charge on any atom is 0.303 e. The fraction of sp³-hybridized carbons (Fsp3) is 0.467. The van der Waals surface area contributed by atoms with Crippen LogP contribution < -0.4 is 5.32 Å². The molecule has 0 aliphatic carbocycles. The van der Waals surface area contributed by atoms with Crippen molar-refractivity contribution in [3.63, 3.8) is 0 Å². The van der Waals surface area contributed by atoms with Crippen LogP contribution in [0.4, 0.5) is 10.1 Å². The van der Waals surface area contributed by atoms with E-state index in [4.69, 9.17) is 5.11 Å². The highest BCUT2D eigenvalue weighted by Gasteiger charge is 2.22. The van der Waals surface area contributed by atoms with E-state index in [0.717, 1.165) is 12.8 Å². The first-order valence-electron chi connectivity index (χ1n) is 7.13. The Morgan fingerprint density at radius 2 is 2.05 bits per heavy atom. The van der Waals surface area contributed by atoms with E-state index in [1.54, 1.807) is 6.07 Å². The molecule has 22 heavy (non-hydrogen) atoms. The van der Waals surface area contributed by atoms with Crippen LogP contribution in [0.1, 0.15) is 19.3 Å². The van der Waals surface area contributed by atoms with E-state index >= 15 is 0 Å². The highest BCUT2D eigenvalue weighted by Crippen LogP contribution is 2.21. The quantitative estimate of drug-likeness (QED) is 0.833. The van der Waals surface area contributed by atoms with Crippen LogP contribution in [0.15, 0.2) is 22.7 Å². The molecule has 1 saturated heterocycles. The van der Waals surface area contributed by atoms with Crippen LogP contribution in [-0.2, 0) is 9.59 Å². The van der Waals surface area contributed by atoms with Gasteiger partial charge in [0.25, 0.3) is 0 Å². The van der Waals surface area contributed by atoms with Crippen LogP contribution in [0.25, 0.3) is 0 Å². The highest BCUT2D eigenvalue weighted by molar-refractivity contribution is 9.10. The monoisotopic (exact) mass is 372 g/mol. The number of amides is 1. The third kappa shape index (κ3) is 5.06. The second-order valence-corrected chi connectivity index (χ2v) is 6.41. The highest BCUT2D eigenvalue weighted by atomic mass is 79.9. The molecule has 5 nitrogen and oxygen atoms in total. The molecule has 0 radical (unpaired) electrons. The Morgan fingerprint density at radius 3 is 2.64 bits per heavy atom. The van der Waals surface area contributed by atoms with Crippen molar-refractivity contribution < 1.29 is 19.1 Å². The van der Waals surface area contributed by atoms with Crippen LogP contribution in [0.5, 0.6) is 0 Å². The third-order valence-electron chi connectivity index (χ3n) is 3.74. The zero-order valence-electron chi connectivity index (χ0n) is 12.0. The molecule has 1 aromatic rings. The first-order valence-corrected chi connectivity index (χ1v) is 7.92. The van der Waals surface area contributed by atoms with Crippen LogP contribution in [0, 0.1) is 11.7 Å². The van der Waals surface area contributed by atoms with Gasteiger partial charge in [-0.2, -0.15) is 0 Å². The van der Waals surface area contributed by atoms with Crippen molar-refractivity contribution in [2.45, 2.75) is 19.3 Å². The van der Waals surface area contributed by atoms with E-state index in [2.05, 4.69) is 21.2 Å². The van der Waals surface area contributed by atoms with E-state index in [1.165, 1.54) is 12.1 Å². The summed E-state index contributed by atoms with van der Waals surface area (Å²) in [6.45, 7) is 1.57. The van der Waals surface area contributed by atoms with Gasteiger partial charge in [0.1, 0.15) is 5.82 Å². The number of nitrogens with one attached hydrogen (secondary N) is 1. The first kappa shape index (κ1) is 16.9. The molecule has 0 aromatic heterocycles. The minimum absolute atomic E-state index is 0.161. The van der Waals surface area contributed by atoms with Crippen molar-refractivity contribution in [2.24, 2.45) is 5.92 Å². The molecule has 1 aliphatic heterocycles. The van der Waals surface area contributed by atoms with Gasteiger partial charge in [0.2, 0.25) is 5.91 Å². The van der Waals surface area contributed by atoms with Crippen LogP contribution in [0.3, 0.4) is 0 Å². The summed E-state index contributed by atoms with van der Waals surface area (Å²) >= 11 is 3.16. The van der Waals surface area contributed by atoms with E-state index in [0.29, 0.717) is 17.6 Å². The van der Waals surface area contributed by atoms with Gasteiger partial charge in [-0.25, -0.2) is 4.39 Å². The van der Waals surface area contributed by atoms with E-state index < -0.39 is 11.8 Å². The zero-order valence-corrected chi connectivity index (χ0v) is 13.6. The number of piperidine rings is 1. The van der Waals surface area contributed by atoms with E-state index in [1.807, 2.05) is 4.90 Å². The Hall–Kier alpha value is -1.47. The number of carbonyl (C=O) groups is 2. The minimum Gasteiger partial charge on any atom is -0.481 e. The minimum atomic E-state index is -0.776. The molecule has 1 fully saturated rings. The van der Waals surface area contributed by atoms with Gasteiger partial charge < -0.3 is 10.4 Å². The fourth-order valence-corrected chi connectivity index (χ4v) is 2.91. The number of hydrogen-bond donors (Lipinski definition) is 2. The maximum absolute atomic E-state index is 13.6. The smallest absolute Gasteiger partial charge is 0.303 e. The summed E-state index contributed by atoms with van der Waals surface area (Å²) in [6, 6.07) is 4.47. The molecule has 7 heteroatoms. The number of carboxylic acid groups (broad SMARTS) is 1. The Balaban J connectivity index is 1.79. The van der Waals surface area contributed by atoms with Gasteiger partial charge in [0, 0.05) is 10.9 Å². The van der Waals surface area contributed by atoms with Gasteiger partial charge in [-0.15, -0.1) is 0 Å². The number of hydrogen-bond acceptors (Lipinski definition) is 3. The Kier molecular flexibility index (Phi) is 5.90. The topological polar surface area (TPSA) is 69.6 Å². The molecule has 120 valence electrons. The Labute approximate surface area is 136 Å². The number of anilines is 1. The summed E-state index contributed by atoms with van der Waals surface area (Å²) in [5.41, 5.74) is 0.161. The number of rotatable bonds is 5. The second kappa shape index (κ2) is 7.69. The van der Waals surface area contributed by atoms with Crippen LogP contribution >= 0.6 is 15.9 Å². The van der Waals surface area contributed by atoms with Crippen molar-refractivity contribution in [3.05, 3.63) is 28.5 Å². The number of carboxylic acids is 1. The normalized spacial score (nSPS) is 16.5. The van der Waals surface area contributed by atoms with Crippen molar-refractivity contribution >= 4 is 33.5 Å². The van der Waals surface area contributed by atoms with Gasteiger partial charge >= 0.3 is 5.97 Å². The first-order chi connectivity index (χ1) is 10.4. The molecular weight excluding hydrogens is 355 g/mol. The standard InChI is InChI=1S/C15H18BrFN2O3/c16-11-1-2-13(12(17)8-11)18-14(20)9-19-5-3-10(4-6-19)7-15(21)22/h1-2,8,10H,3-7,9H2,(H,18,20)(H,21,22). The van der Waals surface area contributed by atoms with Gasteiger partial charge in [-0.1, -0.05) is 15.9 Å². The molecule has 1 heterocycles. The summed E-state index contributed by atoms with van der Waals surface area (Å²) in [7, 11) is 0. The molecule has 0 atom stereocenters. The molecule has 0 bridgehead atoms. The average molecular weight is 373 g/mol. The number of nitrogens with zero attached hydrogens (tertiary/aromatic N) is 1. The van der Waals surface area contributed by atoms with Gasteiger partial charge in [-0.3, -0.25) is 14.5 Å². The predicted octanol–water partition coefficient (Wildman–Crippen LogP) is 2.71. The van der Waals surface area contributed by atoms with Gasteiger partial charge in [-0.05, 0) is 50.0 Å². The Morgan fingerprint density at radius 1 is 1.36 bits per heavy atom. The second-order valence-electron chi connectivity index (χ2n) is 5.49. The number of carbonyl (C=O) groups excluding carboxylic acids is 1. The lowest BCUT2D eigenvalue weighted by atomic mass is 9.94. The summed E-state index contributed by atoms with van der Waals surface area (Å²) in [5, 5.41) is 11.3. The van der Waals surface area contributed by atoms with Gasteiger partial charge in [0.15, 0.2) is 0 Å². The molecule has 1 amide bonds. The maximum atomic E-state index is 13.6. The molecular formula is C15H18BrFN2O3. The van der Waals surface area contributed by atoms with E-state index in [9.17, 15) is 14.0 Å². The molecule has 0 unspecified atom stereocenters. The molecule has 0 spiro atoms. The fourth-order valence-electron chi connectivity index (χ4n) is 2.58. The van der Waals surface area contributed by atoms with E-state index in [-0.39, 0.29) is 30.5 Å². The molecule has 2 N–H and O–H groups in total. The lowest BCUT2D eigenvalue weighted by molar-refractivity contribution is -0.138. The van der Waals surface area contributed by atoms with Crippen LogP contribution in [-0.4, -0.2) is 41.5 Å². The number of likely N-dealkylation sites (tertiary alicyclic amines) is 1. The number of aliphatic carboxylic acids is 1. The SMILES string of the molecule is O=C(O)CC1CCN(CC(=O)Nc2ccc(Br)cc2F)CC1. The molecule has 2 rings (SSSR count). The molecule has 0 saturated carbocycles. The van der Waals surface area contributed by atoms with Gasteiger partial charge in [0.05, 0.1) is 12.2 Å². The Bertz CT molecular complexity index is 560. The van der Waals surface area contributed by atoms with Crippen molar-refractivity contribution in [3.8, 4) is 0 Å². The van der Waals surface area contributed by atoms with Crippen molar-refractivity contribution in [1.29, 1.82) is 0 Å². The number of halogens is 2. The third-order valence-corrected chi connectivity index (χ3v) is 4.24. The summed E-state index contributed by atoms with van der Waals surface area (Å²) in [6.07, 6.45) is 1.72. The molecule has 1 aromatic carbocycles. The summed E-state index contributed by atoms with van der Waals surface area (Å²) in [4.78, 5) is 24.6. The van der Waals surface area contributed by atoms with Crippen LogP contribution in [0.2, 0.25) is 0 Å². The summed E-state index contributed by atoms with van der Waals surface area (Å²) in [5.74, 6) is -1.34. The largest absolute Gasteiger partial charge is 0.481 e. The number of benzene rings is 1. The predicted molar refractivity (Wildman–Crippen MR) is 84.1 cm³/mol. The summed E-state index contributed by atoms with van der Waals surface area (Å²) < 4.78 is 14.3. The lowest BCUT2D eigenvalue weighted by Gasteiger charge is -2.30.